The maximum atomic E-state index is 5.81. The van der Waals surface area contributed by atoms with E-state index in [-0.39, 0.29) is 0 Å². The summed E-state index contributed by atoms with van der Waals surface area (Å²) >= 11 is 0. The summed E-state index contributed by atoms with van der Waals surface area (Å²) in [4.78, 5) is 2.46. The number of hydrogen-bond donors (Lipinski definition) is 1. The molecule has 2 aliphatic rings. The number of nitrogens with one attached hydrogen (secondary N) is 1. The minimum Gasteiger partial charge on any atom is -0.497 e. The average molecular weight is 276 g/mol. The lowest BCUT2D eigenvalue weighted by molar-refractivity contribution is 0.115. The number of hydrogen-bond acceptors (Lipinski definition) is 4. The Morgan fingerprint density at radius 2 is 2.35 bits per heavy atom. The van der Waals surface area contributed by atoms with Crippen LogP contribution in [0.3, 0.4) is 0 Å². The van der Waals surface area contributed by atoms with Crippen LogP contribution in [0.2, 0.25) is 0 Å². The van der Waals surface area contributed by atoms with Crippen LogP contribution in [0, 0.1) is 0 Å². The smallest absolute Gasteiger partial charge is 0.120 e. The summed E-state index contributed by atoms with van der Waals surface area (Å²) in [6.07, 6.45) is 2.74. The van der Waals surface area contributed by atoms with Gasteiger partial charge in [0.15, 0.2) is 0 Å². The highest BCUT2D eigenvalue weighted by Gasteiger charge is 2.24. The number of rotatable bonds is 3. The minimum absolute atomic E-state index is 0.374. The van der Waals surface area contributed by atoms with E-state index in [1.165, 1.54) is 24.1 Å². The van der Waals surface area contributed by atoms with E-state index >= 15 is 0 Å². The molecule has 1 fully saturated rings. The summed E-state index contributed by atoms with van der Waals surface area (Å²) < 4.78 is 11.2. The number of methoxy groups -OCH3 is 1. The molecule has 1 N–H and O–H groups in total. The molecular weight excluding hydrogens is 252 g/mol. The molecule has 0 saturated carbocycles. The SMILES string of the molecule is COc1ccc2c(c1)N(CC1CCCO1)CC(C)NC2. The van der Waals surface area contributed by atoms with Gasteiger partial charge in [-0.15, -0.1) is 0 Å². The molecule has 0 aromatic heterocycles. The Morgan fingerprint density at radius 1 is 1.45 bits per heavy atom. The molecule has 2 heterocycles. The van der Waals surface area contributed by atoms with Gasteiger partial charge in [-0.3, -0.25) is 0 Å². The minimum atomic E-state index is 0.374. The molecule has 0 radical (unpaired) electrons. The number of nitrogens with zero attached hydrogens (tertiary/aromatic N) is 1. The highest BCUT2D eigenvalue weighted by molar-refractivity contribution is 5.58. The van der Waals surface area contributed by atoms with E-state index in [9.17, 15) is 0 Å². The van der Waals surface area contributed by atoms with Crippen molar-refractivity contribution in [2.75, 3.05) is 31.7 Å². The topological polar surface area (TPSA) is 33.7 Å². The molecule has 20 heavy (non-hydrogen) atoms. The third kappa shape index (κ3) is 2.91. The van der Waals surface area contributed by atoms with Crippen molar-refractivity contribution >= 4 is 5.69 Å². The Kier molecular flexibility index (Phi) is 4.13. The zero-order valence-electron chi connectivity index (χ0n) is 12.4. The Hall–Kier alpha value is -1.26. The van der Waals surface area contributed by atoms with Crippen LogP contribution in [-0.4, -0.2) is 39.0 Å². The Balaban J connectivity index is 1.86. The van der Waals surface area contributed by atoms with Crippen LogP contribution in [0.4, 0.5) is 5.69 Å². The highest BCUT2D eigenvalue weighted by atomic mass is 16.5. The van der Waals surface area contributed by atoms with Crippen molar-refractivity contribution in [3.05, 3.63) is 23.8 Å². The second kappa shape index (κ2) is 6.02. The monoisotopic (exact) mass is 276 g/mol. The third-order valence-electron chi connectivity index (χ3n) is 4.22. The van der Waals surface area contributed by atoms with Gasteiger partial charge in [-0.2, -0.15) is 0 Å². The Labute approximate surface area is 121 Å². The van der Waals surface area contributed by atoms with Crippen molar-refractivity contribution in [2.45, 2.75) is 38.5 Å². The fraction of sp³-hybridized carbons (Fsp3) is 0.625. The van der Waals surface area contributed by atoms with Crippen LogP contribution >= 0.6 is 0 Å². The number of anilines is 1. The number of ether oxygens (including phenoxy) is 2. The quantitative estimate of drug-likeness (QED) is 0.917. The van der Waals surface area contributed by atoms with Crippen LogP contribution in [0.5, 0.6) is 5.75 Å². The molecule has 2 aliphatic heterocycles. The molecule has 2 atom stereocenters. The first-order valence-electron chi connectivity index (χ1n) is 7.53. The van der Waals surface area contributed by atoms with E-state index in [1.807, 2.05) is 6.07 Å². The van der Waals surface area contributed by atoms with Crippen LogP contribution < -0.4 is 15.0 Å². The van der Waals surface area contributed by atoms with Gasteiger partial charge in [0.1, 0.15) is 5.75 Å². The zero-order chi connectivity index (χ0) is 13.9. The zero-order valence-corrected chi connectivity index (χ0v) is 12.4. The van der Waals surface area contributed by atoms with Crippen molar-refractivity contribution in [3.8, 4) is 5.75 Å². The maximum Gasteiger partial charge on any atom is 0.120 e. The fourth-order valence-corrected chi connectivity index (χ4v) is 3.10. The summed E-state index contributed by atoms with van der Waals surface area (Å²) in [6.45, 7) is 6.07. The van der Waals surface area contributed by atoms with Crippen LogP contribution in [0.25, 0.3) is 0 Å². The molecule has 1 aromatic carbocycles. The second-order valence-electron chi connectivity index (χ2n) is 5.82. The summed E-state index contributed by atoms with van der Waals surface area (Å²) in [7, 11) is 1.73. The van der Waals surface area contributed by atoms with Gasteiger partial charge in [0.25, 0.3) is 0 Å². The van der Waals surface area contributed by atoms with E-state index in [0.29, 0.717) is 12.1 Å². The molecule has 4 heteroatoms. The lowest BCUT2D eigenvalue weighted by Gasteiger charge is -2.29. The molecule has 2 unspecified atom stereocenters. The molecule has 0 amide bonds. The molecule has 1 saturated heterocycles. The van der Waals surface area contributed by atoms with Gasteiger partial charge in [0, 0.05) is 44.0 Å². The van der Waals surface area contributed by atoms with Gasteiger partial charge in [-0.05, 0) is 31.4 Å². The van der Waals surface area contributed by atoms with Crippen molar-refractivity contribution in [2.24, 2.45) is 0 Å². The first-order chi connectivity index (χ1) is 9.76. The standard InChI is InChI=1S/C16H24N2O2/c1-12-10-18(11-15-4-3-7-20-15)16-8-14(19-2)6-5-13(16)9-17-12/h5-6,8,12,15,17H,3-4,7,9-11H2,1-2H3. The van der Waals surface area contributed by atoms with E-state index in [2.05, 4.69) is 29.3 Å². The first-order valence-corrected chi connectivity index (χ1v) is 7.53. The Bertz CT molecular complexity index is 458. The van der Waals surface area contributed by atoms with Gasteiger partial charge in [-0.1, -0.05) is 6.07 Å². The summed E-state index contributed by atoms with van der Waals surface area (Å²) in [5, 5.41) is 3.57. The summed E-state index contributed by atoms with van der Waals surface area (Å²) in [5.74, 6) is 0.927. The lowest BCUT2D eigenvalue weighted by atomic mass is 10.1. The lowest BCUT2D eigenvalue weighted by Crippen LogP contribution is -2.39. The van der Waals surface area contributed by atoms with Gasteiger partial charge in [0.05, 0.1) is 13.2 Å². The molecule has 1 aromatic rings. The van der Waals surface area contributed by atoms with E-state index in [4.69, 9.17) is 9.47 Å². The summed E-state index contributed by atoms with van der Waals surface area (Å²) in [6, 6.07) is 6.85. The molecule has 0 spiro atoms. The number of fused-ring (bicyclic) bond motifs is 1. The van der Waals surface area contributed by atoms with Crippen molar-refractivity contribution in [1.82, 2.24) is 5.32 Å². The Morgan fingerprint density at radius 3 is 3.10 bits per heavy atom. The van der Waals surface area contributed by atoms with E-state index in [1.54, 1.807) is 7.11 Å². The average Bonchev–Trinajstić information content (AvgIpc) is 2.91. The third-order valence-corrected chi connectivity index (χ3v) is 4.22. The van der Waals surface area contributed by atoms with Crippen LogP contribution in [-0.2, 0) is 11.3 Å². The van der Waals surface area contributed by atoms with Crippen molar-refractivity contribution in [3.63, 3.8) is 0 Å². The molecule has 0 bridgehead atoms. The van der Waals surface area contributed by atoms with Crippen LogP contribution in [0.1, 0.15) is 25.3 Å². The highest BCUT2D eigenvalue weighted by Crippen LogP contribution is 2.29. The van der Waals surface area contributed by atoms with E-state index in [0.717, 1.165) is 32.0 Å². The second-order valence-corrected chi connectivity index (χ2v) is 5.82. The largest absolute Gasteiger partial charge is 0.497 e. The van der Waals surface area contributed by atoms with Crippen LogP contribution in [0.15, 0.2) is 18.2 Å². The molecule has 0 aliphatic carbocycles. The predicted octanol–water partition coefficient (Wildman–Crippen LogP) is 2.17. The van der Waals surface area contributed by atoms with Gasteiger partial charge in [-0.25, -0.2) is 0 Å². The van der Waals surface area contributed by atoms with Gasteiger partial charge >= 0.3 is 0 Å². The van der Waals surface area contributed by atoms with E-state index < -0.39 is 0 Å². The van der Waals surface area contributed by atoms with Crippen molar-refractivity contribution < 1.29 is 9.47 Å². The van der Waals surface area contributed by atoms with Crippen molar-refractivity contribution in [1.29, 1.82) is 0 Å². The molecule has 110 valence electrons. The van der Waals surface area contributed by atoms with Gasteiger partial charge < -0.3 is 19.7 Å². The maximum absolute atomic E-state index is 5.81. The predicted molar refractivity (Wildman–Crippen MR) is 80.5 cm³/mol. The molecule has 3 rings (SSSR count). The molecular formula is C16H24N2O2. The molecule has 4 nitrogen and oxygen atoms in total. The number of benzene rings is 1. The van der Waals surface area contributed by atoms with Gasteiger partial charge in [0.2, 0.25) is 0 Å². The fourth-order valence-electron chi connectivity index (χ4n) is 3.10. The first kappa shape index (κ1) is 13.7. The normalized spacial score (nSPS) is 26.2. The summed E-state index contributed by atoms with van der Waals surface area (Å²) in [5.41, 5.74) is 2.63.